The molecule has 0 bridgehead atoms. The number of Topliss-reactive ketones (excluding diaryl/α,β-unsaturated/α-hetero) is 1. The first-order valence-electron chi connectivity index (χ1n) is 16.1. The summed E-state index contributed by atoms with van der Waals surface area (Å²) in [5.74, 6) is -0.625. The van der Waals surface area contributed by atoms with Crippen LogP contribution in [-0.2, 0) is 37.5 Å². The molecule has 1 aliphatic heterocycles. The Labute approximate surface area is 272 Å². The topological polar surface area (TPSA) is 118 Å². The molecular weight excluding hydrogens is 599 g/mol. The van der Waals surface area contributed by atoms with Crippen molar-refractivity contribution in [3.8, 4) is 0 Å². The summed E-state index contributed by atoms with van der Waals surface area (Å²) in [4.78, 5) is 45.9. The van der Waals surface area contributed by atoms with E-state index in [2.05, 4.69) is 4.90 Å². The highest BCUT2D eigenvalue weighted by molar-refractivity contribution is 7.53. The highest BCUT2D eigenvalue weighted by atomic mass is 31.2. The van der Waals surface area contributed by atoms with Crippen molar-refractivity contribution < 1.29 is 37.5 Å². The van der Waals surface area contributed by atoms with Crippen LogP contribution >= 0.6 is 7.60 Å². The maximum atomic E-state index is 14.3. The normalized spacial score (nSPS) is 18.6. The van der Waals surface area contributed by atoms with Gasteiger partial charge in [-0.2, -0.15) is 0 Å². The summed E-state index contributed by atoms with van der Waals surface area (Å²) in [6.45, 7) is 28.1. The van der Waals surface area contributed by atoms with Crippen LogP contribution in [0.4, 0.5) is 0 Å². The van der Waals surface area contributed by atoms with Gasteiger partial charge in [0.15, 0.2) is 0 Å². The fraction of sp³-hybridized carbons (Fsp3) is 0.906. The Balaban J connectivity index is 3.38. The molecule has 0 aromatic heterocycles. The van der Waals surface area contributed by atoms with Gasteiger partial charge in [0.1, 0.15) is 23.3 Å². The van der Waals surface area contributed by atoms with Crippen molar-refractivity contribution in [3.05, 3.63) is 0 Å². The minimum absolute atomic E-state index is 0.0402. The Morgan fingerprint density at radius 3 is 1.07 bits per heavy atom. The quantitative estimate of drug-likeness (QED) is 0.246. The third kappa shape index (κ3) is 21.2. The lowest BCUT2D eigenvalue weighted by atomic mass is 10.2. The first-order chi connectivity index (χ1) is 20.2. The van der Waals surface area contributed by atoms with Gasteiger partial charge >= 0.3 is 19.5 Å². The minimum atomic E-state index is -3.63. The molecule has 1 fully saturated rings. The molecule has 0 aromatic rings. The number of nitrogens with zero attached hydrogens (tertiary/aromatic N) is 4. The molecule has 264 valence electrons. The average molecular weight is 663 g/mol. The zero-order valence-electron chi connectivity index (χ0n) is 30.5. The number of hydrogen-bond acceptors (Lipinski definition) is 12. The molecule has 0 aliphatic carbocycles. The van der Waals surface area contributed by atoms with E-state index < -0.39 is 30.0 Å². The summed E-state index contributed by atoms with van der Waals surface area (Å²) < 4.78 is 37.7. The van der Waals surface area contributed by atoms with E-state index in [1.54, 1.807) is 6.92 Å². The van der Waals surface area contributed by atoms with Crippen molar-refractivity contribution >= 4 is 25.3 Å². The van der Waals surface area contributed by atoms with Gasteiger partial charge in [-0.1, -0.05) is 0 Å². The number of carbonyl (C=O) groups excluding carboxylic acids is 3. The smallest absolute Gasteiger partial charge is 0.345 e. The lowest BCUT2D eigenvalue weighted by molar-refractivity contribution is -0.157. The minimum Gasteiger partial charge on any atom is -0.459 e. The summed E-state index contributed by atoms with van der Waals surface area (Å²) in [6.07, 6.45) is 0.0402. The molecule has 0 spiro atoms. The second kappa shape index (κ2) is 17.1. The lowest BCUT2D eigenvalue weighted by Gasteiger charge is -2.37. The lowest BCUT2D eigenvalue weighted by Crippen LogP contribution is -2.49. The molecule has 12 nitrogen and oxygen atoms in total. The predicted molar refractivity (Wildman–Crippen MR) is 177 cm³/mol. The van der Waals surface area contributed by atoms with Gasteiger partial charge in [-0.15, -0.1) is 0 Å². The van der Waals surface area contributed by atoms with Crippen LogP contribution in [-0.4, -0.2) is 138 Å². The van der Waals surface area contributed by atoms with Gasteiger partial charge in [0.25, 0.3) is 0 Å². The fourth-order valence-electron chi connectivity index (χ4n) is 4.78. The Kier molecular flexibility index (Phi) is 15.8. The van der Waals surface area contributed by atoms with E-state index in [0.29, 0.717) is 52.4 Å². The molecule has 0 aromatic carbocycles. The molecule has 0 atom stereocenters. The average Bonchev–Trinajstić information content (AvgIpc) is 2.75. The molecule has 0 N–H and O–H groups in total. The van der Waals surface area contributed by atoms with Crippen LogP contribution in [0.15, 0.2) is 0 Å². The van der Waals surface area contributed by atoms with Crippen LogP contribution in [0.5, 0.6) is 0 Å². The van der Waals surface area contributed by atoms with Gasteiger partial charge in [-0.3, -0.25) is 38.5 Å². The summed E-state index contributed by atoms with van der Waals surface area (Å²) in [5.41, 5.74) is -2.65. The monoisotopic (exact) mass is 662 g/mol. The summed E-state index contributed by atoms with van der Waals surface area (Å²) in [6, 6.07) is 0. The molecule has 0 amide bonds. The summed E-state index contributed by atoms with van der Waals surface area (Å²) in [5, 5.41) is 0. The van der Waals surface area contributed by atoms with E-state index in [9.17, 15) is 18.9 Å². The first kappa shape index (κ1) is 41.6. The van der Waals surface area contributed by atoms with Crippen molar-refractivity contribution in [1.82, 2.24) is 19.6 Å². The number of esters is 2. The van der Waals surface area contributed by atoms with Gasteiger partial charge in [0, 0.05) is 52.4 Å². The van der Waals surface area contributed by atoms with Crippen LogP contribution in [0.25, 0.3) is 0 Å². The molecule has 1 heterocycles. The molecule has 45 heavy (non-hydrogen) atoms. The Bertz CT molecular complexity index is 945. The molecular formula is C32H63N4O8P. The SMILES string of the molecule is CC(=O)CN1CCN(CC(=O)OC(C)(C)C)CCN(CP(=O)(OC(C)(C)C)OC(C)(C)C)CCN(CC(=O)OC(C)(C)C)CC1. The molecule has 0 saturated carbocycles. The molecule has 1 aliphatic rings. The van der Waals surface area contributed by atoms with E-state index >= 15 is 0 Å². The van der Waals surface area contributed by atoms with Crippen LogP contribution in [0.1, 0.15) is 90.0 Å². The van der Waals surface area contributed by atoms with Crippen molar-refractivity contribution in [1.29, 1.82) is 0 Å². The van der Waals surface area contributed by atoms with Crippen LogP contribution in [0.2, 0.25) is 0 Å². The standard InChI is InChI=1S/C32H63N4O8P/c1-26(37)22-33-14-16-34(23-27(38)41-29(2,3)4)18-20-36(25-45(40,43-31(8,9)10)44-32(11,12)13)21-19-35(17-15-33)24-28(39)42-30(5,6)7/h14-25H2,1-13H3. The zero-order chi connectivity index (χ0) is 34.9. The van der Waals surface area contributed by atoms with Gasteiger partial charge in [-0.05, 0) is 90.0 Å². The molecule has 1 saturated heterocycles. The van der Waals surface area contributed by atoms with E-state index in [-0.39, 0.29) is 43.6 Å². The highest BCUT2D eigenvalue weighted by Crippen LogP contribution is 2.54. The van der Waals surface area contributed by atoms with Crippen molar-refractivity contribution in [3.63, 3.8) is 0 Å². The predicted octanol–water partition coefficient (Wildman–Crippen LogP) is 4.26. The van der Waals surface area contributed by atoms with Crippen molar-refractivity contribution in [2.24, 2.45) is 0 Å². The molecule has 0 radical (unpaired) electrons. The zero-order valence-corrected chi connectivity index (χ0v) is 31.4. The summed E-state index contributed by atoms with van der Waals surface area (Å²) >= 11 is 0. The van der Waals surface area contributed by atoms with Crippen LogP contribution in [0, 0.1) is 0 Å². The highest BCUT2D eigenvalue weighted by Gasteiger charge is 2.37. The number of carbonyl (C=O) groups is 3. The Morgan fingerprint density at radius 1 is 0.511 bits per heavy atom. The third-order valence-corrected chi connectivity index (χ3v) is 8.52. The van der Waals surface area contributed by atoms with Crippen molar-refractivity contribution in [2.45, 2.75) is 112 Å². The summed E-state index contributed by atoms with van der Waals surface area (Å²) in [7, 11) is -3.63. The number of ketones is 1. The largest absolute Gasteiger partial charge is 0.459 e. The second-order valence-corrected chi connectivity index (χ2v) is 17.9. The van der Waals surface area contributed by atoms with E-state index in [1.807, 2.05) is 97.8 Å². The third-order valence-electron chi connectivity index (χ3n) is 6.12. The number of ether oxygens (including phenoxy) is 2. The van der Waals surface area contributed by atoms with E-state index in [0.717, 1.165) is 0 Å². The molecule has 0 unspecified atom stereocenters. The van der Waals surface area contributed by atoms with Gasteiger partial charge in [0.05, 0.1) is 30.8 Å². The first-order valence-corrected chi connectivity index (χ1v) is 17.8. The van der Waals surface area contributed by atoms with E-state index in [4.69, 9.17) is 18.5 Å². The van der Waals surface area contributed by atoms with Crippen molar-refractivity contribution in [2.75, 3.05) is 78.3 Å². The maximum absolute atomic E-state index is 14.3. The number of rotatable bonds is 10. The molecule has 13 heteroatoms. The van der Waals surface area contributed by atoms with Crippen LogP contribution < -0.4 is 0 Å². The fourth-order valence-corrected chi connectivity index (χ4v) is 7.37. The Morgan fingerprint density at radius 2 is 0.800 bits per heavy atom. The maximum Gasteiger partial charge on any atom is 0.345 e. The molecule has 1 rings (SSSR count). The van der Waals surface area contributed by atoms with Gasteiger partial charge in [0.2, 0.25) is 0 Å². The second-order valence-electron chi connectivity index (χ2n) is 16.0. The van der Waals surface area contributed by atoms with E-state index in [1.165, 1.54) is 0 Å². The van der Waals surface area contributed by atoms with Crippen LogP contribution in [0.3, 0.4) is 0 Å². The van der Waals surface area contributed by atoms with Gasteiger partial charge in [-0.25, -0.2) is 0 Å². The Hall–Kier alpha value is -1.40. The van der Waals surface area contributed by atoms with Gasteiger partial charge < -0.3 is 18.5 Å². The number of hydrogen-bond donors (Lipinski definition) is 0.